The standard InChI is InChI=1S/C17H10N22O16/c40-34-12-6(22-54-34)8-14(24-50-18-8)32(16-10(12)20-52-26-16)4-30(38(46)47)2-28(36(42)43)1-29(37(44)45)3-31(39(48)49)5-33-15-9(19-51-25-15)7-13(35(41)55-23-7)11-17(33)27-53-21-11/h1-5H2. The Morgan fingerprint density at radius 2 is 0.764 bits per heavy atom. The minimum absolute atomic E-state index is 0.0453. The highest BCUT2D eigenvalue weighted by Crippen LogP contribution is 2.43. The molecule has 0 amide bonds. The highest BCUT2D eigenvalue weighted by atomic mass is 16.8. The third-order valence-electron chi connectivity index (χ3n) is 7.54. The number of hydrazine groups is 4. The van der Waals surface area contributed by atoms with Crippen LogP contribution in [0.1, 0.15) is 0 Å². The zero-order chi connectivity index (χ0) is 38.7. The summed E-state index contributed by atoms with van der Waals surface area (Å²) in [6, 6.07) is 0. The van der Waals surface area contributed by atoms with Gasteiger partial charge in [-0.15, -0.1) is 0 Å². The fourth-order valence-electron chi connectivity index (χ4n) is 5.20. The summed E-state index contributed by atoms with van der Waals surface area (Å²) >= 11 is 0. The smallest absolute Gasteiger partial charge is 0.284 e. The first-order valence-electron chi connectivity index (χ1n) is 14.1. The molecule has 0 saturated carbocycles. The fraction of sp³-hybridized carbons (Fsp3) is 0.294. The van der Waals surface area contributed by atoms with Gasteiger partial charge >= 0.3 is 0 Å². The number of nitrogens with zero attached hydrogens (tertiary/aromatic N) is 22. The minimum atomic E-state index is -1.44. The van der Waals surface area contributed by atoms with Gasteiger partial charge in [-0.1, -0.05) is 20.0 Å². The first kappa shape index (κ1) is 33.0. The van der Waals surface area contributed by atoms with Gasteiger partial charge in [0.25, 0.3) is 22.8 Å². The number of anilines is 4. The first-order valence-corrected chi connectivity index (χ1v) is 14.1. The molecule has 0 aliphatic carbocycles. The van der Waals surface area contributed by atoms with Crippen molar-refractivity contribution in [2.24, 2.45) is 0 Å². The van der Waals surface area contributed by atoms with Gasteiger partial charge in [0.05, 0.1) is 0 Å². The van der Waals surface area contributed by atoms with Crippen LogP contribution in [0.4, 0.5) is 23.3 Å². The summed E-state index contributed by atoms with van der Waals surface area (Å²) in [5, 5.41) is 105. The minimum Gasteiger partial charge on any atom is -0.359 e. The van der Waals surface area contributed by atoms with Gasteiger partial charge in [-0.2, -0.15) is 0 Å². The highest BCUT2D eigenvalue weighted by molar-refractivity contribution is 5.89. The third kappa shape index (κ3) is 5.28. The molecule has 2 aliphatic heterocycles. The van der Waals surface area contributed by atoms with E-state index in [0.717, 1.165) is 9.80 Å². The Balaban J connectivity index is 1.05. The lowest BCUT2D eigenvalue weighted by Crippen LogP contribution is -2.55. The van der Waals surface area contributed by atoms with Crippen LogP contribution in [0.2, 0.25) is 0 Å². The van der Waals surface area contributed by atoms with E-state index in [1.807, 2.05) is 0 Å². The molecule has 0 atom stereocenters. The summed E-state index contributed by atoms with van der Waals surface area (Å²) in [5.74, 6) is -1.62. The van der Waals surface area contributed by atoms with Crippen molar-refractivity contribution in [2.45, 2.75) is 0 Å². The lowest BCUT2D eigenvalue weighted by Gasteiger charge is -2.27. The van der Waals surface area contributed by atoms with E-state index in [2.05, 4.69) is 70.1 Å². The van der Waals surface area contributed by atoms with Crippen LogP contribution in [0.3, 0.4) is 0 Å². The van der Waals surface area contributed by atoms with Gasteiger partial charge in [-0.25, -0.2) is 59.0 Å². The van der Waals surface area contributed by atoms with Crippen molar-refractivity contribution >= 4 is 23.3 Å². The third-order valence-corrected chi connectivity index (χ3v) is 7.54. The highest BCUT2D eigenvalue weighted by Gasteiger charge is 2.45. The van der Waals surface area contributed by atoms with Gasteiger partial charge in [0.2, 0.25) is 66.1 Å². The summed E-state index contributed by atoms with van der Waals surface area (Å²) < 4.78 is 27.9. The molecular weight excluding hydrogens is 768 g/mol. The van der Waals surface area contributed by atoms with Crippen LogP contribution in [-0.2, 0) is 0 Å². The van der Waals surface area contributed by atoms with Gasteiger partial charge in [0.15, 0.2) is 33.5 Å². The number of hydrogen-bond acceptors (Lipinski definition) is 28. The first-order chi connectivity index (χ1) is 26.4. The quantitative estimate of drug-likeness (QED) is 0.0448. The van der Waals surface area contributed by atoms with E-state index >= 15 is 0 Å². The summed E-state index contributed by atoms with van der Waals surface area (Å²) in [7, 11) is 0. The fourth-order valence-corrected chi connectivity index (χ4v) is 5.20. The van der Waals surface area contributed by atoms with E-state index in [-0.39, 0.29) is 75.6 Å². The average Bonchev–Trinajstić information content (AvgIpc) is 3.99. The van der Waals surface area contributed by atoms with E-state index in [0.29, 0.717) is 0 Å². The lowest BCUT2D eigenvalue weighted by atomic mass is 10.2. The number of nitro groups is 4. The van der Waals surface area contributed by atoms with Crippen LogP contribution in [-0.4, -0.2) is 125 Å². The van der Waals surface area contributed by atoms with Crippen molar-refractivity contribution in [3.63, 3.8) is 0 Å². The van der Waals surface area contributed by atoms with Crippen molar-refractivity contribution in [2.75, 3.05) is 43.1 Å². The van der Waals surface area contributed by atoms with Gasteiger partial charge < -0.3 is 10.4 Å². The summed E-state index contributed by atoms with van der Waals surface area (Å²) in [5.41, 5.74) is -2.80. The van der Waals surface area contributed by atoms with Crippen molar-refractivity contribution in [3.8, 4) is 45.6 Å². The van der Waals surface area contributed by atoms with Gasteiger partial charge in [0.1, 0.15) is 0 Å². The molecule has 2 aliphatic rings. The van der Waals surface area contributed by atoms with Crippen LogP contribution in [0.5, 0.6) is 0 Å². The second kappa shape index (κ2) is 12.3. The van der Waals surface area contributed by atoms with Gasteiger partial charge in [0, 0.05) is 10.3 Å². The number of rotatable bonds is 14. The largest absolute Gasteiger partial charge is 0.359 e. The molecule has 38 nitrogen and oxygen atoms in total. The second-order valence-electron chi connectivity index (χ2n) is 10.5. The van der Waals surface area contributed by atoms with E-state index in [9.17, 15) is 50.9 Å². The normalized spacial score (nSPS) is 12.3. The van der Waals surface area contributed by atoms with Crippen molar-refractivity contribution in [1.82, 2.24) is 71.6 Å². The zero-order valence-electron chi connectivity index (χ0n) is 25.9. The Morgan fingerprint density at radius 1 is 0.455 bits per heavy atom. The van der Waals surface area contributed by atoms with E-state index in [1.54, 1.807) is 0 Å². The maximum Gasteiger partial charge on any atom is 0.284 e. The van der Waals surface area contributed by atoms with Crippen LogP contribution in [0, 0.1) is 50.9 Å². The summed E-state index contributed by atoms with van der Waals surface area (Å²) in [6.45, 7) is -6.24. The molecule has 0 N–H and O–H groups in total. The zero-order valence-corrected chi connectivity index (χ0v) is 25.9. The summed E-state index contributed by atoms with van der Waals surface area (Å²) in [6.07, 6.45) is 0. The topological polar surface area (TPSA) is 454 Å². The molecule has 0 fully saturated rings. The molecule has 38 heteroatoms. The SMILES string of the molecule is O=[N+]([O-])N(CN1c2nonc2-c2no[n+]([O-])c2-c2nonc21)CN(CN(CN(CN1c2nonc2-c2no[n+]([O-])c2-c2nonc21)[N+](=O)[O-])[N+](=O)[O-])[N+](=O)[O-]. The van der Waals surface area contributed by atoms with Crippen LogP contribution in [0.25, 0.3) is 45.6 Å². The number of hydrogen-bond donors (Lipinski definition) is 0. The second-order valence-corrected chi connectivity index (χ2v) is 10.5. The van der Waals surface area contributed by atoms with Crippen molar-refractivity contribution < 1.29 is 57.7 Å². The molecule has 8 rings (SSSR count). The molecule has 0 aromatic carbocycles. The monoisotopic (exact) mass is 778 g/mol. The Hall–Kier alpha value is -9.16. The van der Waals surface area contributed by atoms with Crippen molar-refractivity contribution in [3.05, 3.63) is 50.9 Å². The van der Waals surface area contributed by atoms with Crippen molar-refractivity contribution in [1.29, 1.82) is 0 Å². The molecule has 0 radical (unpaired) electrons. The molecule has 0 bridgehead atoms. The van der Waals surface area contributed by atoms with Crippen LogP contribution < -0.4 is 19.6 Å². The molecule has 8 heterocycles. The molecule has 6 aromatic rings. The predicted octanol–water partition coefficient (Wildman–Crippen LogP) is -3.51. The number of aromatic nitrogens is 12. The van der Waals surface area contributed by atoms with E-state index < -0.39 is 76.5 Å². The lowest BCUT2D eigenvalue weighted by molar-refractivity contribution is -0.793. The molecule has 0 unspecified atom stereocenters. The molecule has 55 heavy (non-hydrogen) atoms. The summed E-state index contributed by atoms with van der Waals surface area (Å²) in [4.78, 5) is 50.3. The molecule has 0 saturated heterocycles. The Kier molecular flexibility index (Phi) is 7.36. The number of fused-ring (bicyclic) bond motifs is 10. The predicted molar refractivity (Wildman–Crippen MR) is 148 cm³/mol. The average molecular weight is 778 g/mol. The Morgan fingerprint density at radius 3 is 1.11 bits per heavy atom. The molecular formula is C17H10N22O16. The molecule has 0 spiro atoms. The van der Waals surface area contributed by atoms with Gasteiger partial charge in [-0.3, -0.25) is 19.1 Å². The Labute approximate surface area is 292 Å². The Bertz CT molecular complexity index is 2300. The molecule has 284 valence electrons. The maximum absolute atomic E-state index is 12.3. The van der Waals surface area contributed by atoms with E-state index in [1.165, 1.54) is 0 Å². The molecule has 6 aromatic heterocycles. The van der Waals surface area contributed by atoms with Crippen LogP contribution >= 0.6 is 0 Å². The van der Waals surface area contributed by atoms with E-state index in [4.69, 9.17) is 9.26 Å². The maximum atomic E-state index is 12.3. The van der Waals surface area contributed by atoms with Crippen LogP contribution in [0.15, 0.2) is 27.8 Å². The van der Waals surface area contributed by atoms with Gasteiger partial charge in [-0.05, 0) is 51.1 Å².